The number of H-pyrrole nitrogens is 1. The van der Waals surface area contributed by atoms with E-state index in [2.05, 4.69) is 20.4 Å². The molecule has 1 fully saturated rings. The first-order valence-corrected chi connectivity index (χ1v) is 9.24. The minimum atomic E-state index is -0.412. The zero-order valence-corrected chi connectivity index (χ0v) is 16.1. The number of imidazole rings is 1. The first-order valence-electron chi connectivity index (χ1n) is 9.24. The predicted octanol–water partition coefficient (Wildman–Crippen LogP) is 0.128. The summed E-state index contributed by atoms with van der Waals surface area (Å²) in [5, 5.41) is 7.48. The fourth-order valence-electron chi connectivity index (χ4n) is 3.36. The summed E-state index contributed by atoms with van der Waals surface area (Å²) in [7, 11) is 3.36. The van der Waals surface area contributed by atoms with Crippen LogP contribution in [0.5, 0.6) is 0 Å². The predicted molar refractivity (Wildman–Crippen MR) is 106 cm³/mol. The number of aromatic amines is 1. The Morgan fingerprint density at radius 2 is 2.10 bits per heavy atom. The van der Waals surface area contributed by atoms with Gasteiger partial charge in [-0.05, 0) is 30.7 Å². The molecular weight excluding hydrogens is 374 g/mol. The van der Waals surface area contributed by atoms with Crippen LogP contribution in [0, 0.1) is 0 Å². The lowest BCUT2D eigenvalue weighted by Gasteiger charge is -2.18. The van der Waals surface area contributed by atoms with Gasteiger partial charge < -0.3 is 20.1 Å². The molecule has 2 N–H and O–H groups in total. The monoisotopic (exact) mass is 395 g/mol. The summed E-state index contributed by atoms with van der Waals surface area (Å²) in [5.41, 5.74) is 0.659. The maximum atomic E-state index is 12.4. The molecular formula is C19H21N7O3. The Morgan fingerprint density at radius 1 is 1.28 bits per heavy atom. The molecule has 3 aromatic rings. The lowest BCUT2D eigenvalue weighted by Crippen LogP contribution is -2.39. The highest BCUT2D eigenvalue weighted by Crippen LogP contribution is 2.19. The fourth-order valence-corrected chi connectivity index (χ4v) is 3.36. The van der Waals surface area contributed by atoms with Crippen molar-refractivity contribution < 1.29 is 9.59 Å². The number of fused-ring (bicyclic) bond motifs is 1. The first kappa shape index (κ1) is 18.7. The van der Waals surface area contributed by atoms with E-state index in [0.29, 0.717) is 30.2 Å². The summed E-state index contributed by atoms with van der Waals surface area (Å²) in [6, 6.07) is 6.67. The number of carbonyl (C=O) groups is 2. The molecule has 2 amide bonds. The maximum absolute atomic E-state index is 12.4. The van der Waals surface area contributed by atoms with Crippen molar-refractivity contribution in [3.05, 3.63) is 58.3 Å². The molecule has 0 radical (unpaired) electrons. The van der Waals surface area contributed by atoms with E-state index in [1.165, 1.54) is 27.9 Å². The molecule has 29 heavy (non-hydrogen) atoms. The largest absolute Gasteiger partial charge is 0.353 e. The Kier molecular flexibility index (Phi) is 4.75. The van der Waals surface area contributed by atoms with E-state index in [9.17, 15) is 14.4 Å². The molecule has 10 heteroatoms. The van der Waals surface area contributed by atoms with Crippen LogP contribution in [0.15, 0.2) is 41.5 Å². The molecule has 1 atom stereocenters. The van der Waals surface area contributed by atoms with Crippen LogP contribution < -0.4 is 15.8 Å². The second-order valence-electron chi connectivity index (χ2n) is 7.12. The van der Waals surface area contributed by atoms with Crippen LogP contribution in [0.4, 0.5) is 5.82 Å². The van der Waals surface area contributed by atoms with Crippen LogP contribution in [0.25, 0.3) is 5.65 Å². The van der Waals surface area contributed by atoms with E-state index >= 15 is 0 Å². The first-order chi connectivity index (χ1) is 13.9. The Hall–Kier alpha value is -3.69. The van der Waals surface area contributed by atoms with Crippen molar-refractivity contribution >= 4 is 23.3 Å². The minimum Gasteiger partial charge on any atom is -0.353 e. The van der Waals surface area contributed by atoms with Gasteiger partial charge in [0.25, 0.3) is 17.4 Å². The van der Waals surface area contributed by atoms with Crippen molar-refractivity contribution in [2.24, 2.45) is 0 Å². The highest BCUT2D eigenvalue weighted by molar-refractivity contribution is 5.94. The van der Waals surface area contributed by atoms with Crippen molar-refractivity contribution in [3.63, 3.8) is 0 Å². The van der Waals surface area contributed by atoms with Gasteiger partial charge in [-0.3, -0.25) is 14.4 Å². The van der Waals surface area contributed by atoms with Gasteiger partial charge in [0.1, 0.15) is 11.4 Å². The smallest absolute Gasteiger partial charge is 0.273 e. The van der Waals surface area contributed by atoms with Crippen molar-refractivity contribution in [1.29, 1.82) is 0 Å². The van der Waals surface area contributed by atoms with E-state index in [1.807, 2.05) is 17.0 Å². The number of carbonyl (C=O) groups excluding carboxylic acids is 2. The highest BCUT2D eigenvalue weighted by atomic mass is 16.2. The third kappa shape index (κ3) is 3.56. The number of nitrogens with one attached hydrogen (secondary N) is 2. The lowest BCUT2D eigenvalue weighted by atomic mass is 10.2. The molecule has 1 saturated heterocycles. The van der Waals surface area contributed by atoms with E-state index in [-0.39, 0.29) is 17.5 Å². The van der Waals surface area contributed by atoms with Gasteiger partial charge in [-0.1, -0.05) is 0 Å². The van der Waals surface area contributed by atoms with Crippen molar-refractivity contribution in [2.45, 2.75) is 12.5 Å². The standard InChI is InChI=1S/C19H21N7O3/c1-24(2)19(29)14-10-21-15-5-6-16(23-26(14)15)25-9-7-12(11-25)22-18(28)13-4-3-8-20-17(13)27/h3-6,8,10,12H,7,9,11H2,1-2H3,(H,20,27)(H,22,28)/t12-/m0/s1. The molecule has 0 bridgehead atoms. The minimum absolute atomic E-state index is 0.0933. The zero-order chi connectivity index (χ0) is 20.5. The lowest BCUT2D eigenvalue weighted by molar-refractivity contribution is 0.0819. The Bertz CT molecular complexity index is 1130. The summed E-state index contributed by atoms with van der Waals surface area (Å²) in [6.45, 7) is 1.25. The summed E-state index contributed by atoms with van der Waals surface area (Å²) < 4.78 is 1.53. The van der Waals surface area contributed by atoms with Crippen molar-refractivity contribution in [3.8, 4) is 0 Å². The van der Waals surface area contributed by atoms with Crippen LogP contribution in [-0.4, -0.2) is 69.5 Å². The number of pyridine rings is 1. The highest BCUT2D eigenvalue weighted by Gasteiger charge is 2.26. The van der Waals surface area contributed by atoms with Gasteiger partial charge in [0.2, 0.25) is 0 Å². The molecule has 1 aliphatic rings. The zero-order valence-electron chi connectivity index (χ0n) is 16.1. The number of hydrogen-bond acceptors (Lipinski definition) is 6. The molecule has 0 spiro atoms. The number of hydrogen-bond donors (Lipinski definition) is 2. The van der Waals surface area contributed by atoms with Crippen LogP contribution in [0.2, 0.25) is 0 Å². The van der Waals surface area contributed by atoms with Gasteiger partial charge >= 0.3 is 0 Å². The summed E-state index contributed by atoms with van der Waals surface area (Å²) in [4.78, 5) is 46.7. The van der Waals surface area contributed by atoms with Crippen LogP contribution >= 0.6 is 0 Å². The molecule has 0 saturated carbocycles. The molecule has 0 unspecified atom stereocenters. The maximum Gasteiger partial charge on any atom is 0.273 e. The number of aromatic nitrogens is 4. The van der Waals surface area contributed by atoms with E-state index in [1.54, 1.807) is 20.2 Å². The van der Waals surface area contributed by atoms with Gasteiger partial charge in [0.05, 0.1) is 6.20 Å². The summed E-state index contributed by atoms with van der Waals surface area (Å²) in [5.74, 6) is 0.120. The second-order valence-corrected chi connectivity index (χ2v) is 7.12. The average molecular weight is 395 g/mol. The summed E-state index contributed by atoms with van der Waals surface area (Å²) in [6.07, 6.45) is 3.73. The SMILES string of the molecule is CN(C)C(=O)c1cnc2ccc(N3CC[C@H](NC(=O)c4ccc[nH]c4=O)C3)nn12. The van der Waals surface area contributed by atoms with Gasteiger partial charge in [-0.25, -0.2) is 9.50 Å². The molecule has 150 valence electrons. The van der Waals surface area contributed by atoms with Gasteiger partial charge in [-0.15, -0.1) is 5.10 Å². The van der Waals surface area contributed by atoms with Gasteiger partial charge in [0.15, 0.2) is 11.3 Å². The molecule has 4 heterocycles. The van der Waals surface area contributed by atoms with E-state index < -0.39 is 11.5 Å². The van der Waals surface area contributed by atoms with Crippen LogP contribution in [-0.2, 0) is 0 Å². The molecule has 4 rings (SSSR count). The second kappa shape index (κ2) is 7.38. The van der Waals surface area contributed by atoms with Crippen LogP contribution in [0.3, 0.4) is 0 Å². The van der Waals surface area contributed by atoms with Gasteiger partial charge in [0, 0.05) is 39.4 Å². The Morgan fingerprint density at radius 3 is 2.86 bits per heavy atom. The number of anilines is 1. The van der Waals surface area contributed by atoms with Gasteiger partial charge in [-0.2, -0.15) is 0 Å². The fraction of sp³-hybridized carbons (Fsp3) is 0.316. The molecule has 10 nitrogen and oxygen atoms in total. The van der Waals surface area contributed by atoms with Crippen molar-refractivity contribution in [1.82, 2.24) is 29.8 Å². The quantitative estimate of drug-likeness (QED) is 0.649. The summed E-state index contributed by atoms with van der Waals surface area (Å²) >= 11 is 0. The normalized spacial score (nSPS) is 16.2. The number of nitrogens with zero attached hydrogens (tertiary/aromatic N) is 5. The molecule has 0 aromatic carbocycles. The Balaban J connectivity index is 1.50. The van der Waals surface area contributed by atoms with Crippen LogP contribution in [0.1, 0.15) is 27.3 Å². The molecule has 1 aliphatic heterocycles. The third-order valence-electron chi connectivity index (χ3n) is 4.88. The molecule has 3 aromatic heterocycles. The average Bonchev–Trinajstić information content (AvgIpc) is 3.34. The number of rotatable bonds is 4. The number of amides is 2. The van der Waals surface area contributed by atoms with E-state index in [4.69, 9.17) is 0 Å². The molecule has 0 aliphatic carbocycles. The topological polar surface area (TPSA) is 116 Å². The van der Waals surface area contributed by atoms with Crippen molar-refractivity contribution in [2.75, 3.05) is 32.1 Å². The van der Waals surface area contributed by atoms with E-state index in [0.717, 1.165) is 6.42 Å². The Labute approximate surface area is 166 Å². The third-order valence-corrected chi connectivity index (χ3v) is 4.88.